The molecule has 0 spiro atoms. The van der Waals surface area contributed by atoms with Crippen molar-refractivity contribution in [1.29, 1.82) is 0 Å². The van der Waals surface area contributed by atoms with E-state index in [1.165, 1.54) is 31.4 Å². The second kappa shape index (κ2) is 8.80. The van der Waals surface area contributed by atoms with Gasteiger partial charge >= 0.3 is 0 Å². The van der Waals surface area contributed by atoms with Crippen molar-refractivity contribution in [3.63, 3.8) is 0 Å². The summed E-state index contributed by atoms with van der Waals surface area (Å²) in [5.74, 6) is -1.32. The lowest BCUT2D eigenvalue weighted by atomic mass is 10.1. The summed E-state index contributed by atoms with van der Waals surface area (Å²) >= 11 is 0. The van der Waals surface area contributed by atoms with Crippen LogP contribution in [0.5, 0.6) is 0 Å². The predicted octanol–water partition coefficient (Wildman–Crippen LogP) is 3.74. The van der Waals surface area contributed by atoms with Gasteiger partial charge in [-0.2, -0.15) is 0 Å². The van der Waals surface area contributed by atoms with Crippen LogP contribution in [0.3, 0.4) is 0 Å². The molecule has 2 aromatic carbocycles. The maximum absolute atomic E-state index is 14.9. The summed E-state index contributed by atoms with van der Waals surface area (Å²) in [6.07, 6.45) is 1.19. The molecular weight excluding hydrogens is 414 g/mol. The van der Waals surface area contributed by atoms with Crippen LogP contribution in [0.1, 0.15) is 16.7 Å². The molecule has 0 radical (unpaired) electrons. The summed E-state index contributed by atoms with van der Waals surface area (Å²) in [5.41, 5.74) is 1.74. The van der Waals surface area contributed by atoms with Crippen molar-refractivity contribution in [3.8, 4) is 0 Å². The summed E-state index contributed by atoms with van der Waals surface area (Å²) in [6, 6.07) is 8.74. The molecular formula is C20H22F2N4O3S. The molecule has 3 rings (SSSR count). The third-order valence-corrected chi connectivity index (χ3v) is 5.85. The van der Waals surface area contributed by atoms with Crippen LogP contribution in [0.15, 0.2) is 52.1 Å². The summed E-state index contributed by atoms with van der Waals surface area (Å²) < 4.78 is 60.8. The van der Waals surface area contributed by atoms with Crippen LogP contribution in [0.2, 0.25) is 0 Å². The second-order valence-corrected chi connectivity index (χ2v) is 8.66. The Morgan fingerprint density at radius 2 is 1.90 bits per heavy atom. The van der Waals surface area contributed by atoms with Gasteiger partial charge in [-0.25, -0.2) is 17.2 Å². The van der Waals surface area contributed by atoms with Gasteiger partial charge in [-0.15, -0.1) is 0 Å². The standard InChI is InChI=1S/C20H22F2N4O3S/c1-13-17(23-11-15-14(12-26(2)3)5-4-6-16(15)21)7-8-18(20(13)22)30(27,28)25-19-9-10-29-24-19/h4-10,23H,11-12H2,1-3H3,(H,24,25). The lowest BCUT2D eigenvalue weighted by molar-refractivity contribution is 0.399. The SMILES string of the molecule is Cc1c(NCc2c(F)cccc2CN(C)C)ccc(S(=O)(=O)Nc2ccon2)c1F. The number of anilines is 2. The molecule has 1 aromatic heterocycles. The third-order valence-electron chi connectivity index (χ3n) is 4.48. The Bertz CT molecular complexity index is 1130. The van der Waals surface area contributed by atoms with Crippen LogP contribution in [0.25, 0.3) is 0 Å². The van der Waals surface area contributed by atoms with Crippen molar-refractivity contribution in [1.82, 2.24) is 10.1 Å². The number of nitrogens with zero attached hydrogens (tertiary/aromatic N) is 2. The molecule has 0 aliphatic carbocycles. The number of hydrogen-bond acceptors (Lipinski definition) is 6. The third kappa shape index (κ3) is 4.77. The molecule has 0 saturated heterocycles. The molecule has 1 heterocycles. The fraction of sp³-hybridized carbons (Fsp3) is 0.250. The lowest BCUT2D eigenvalue weighted by Crippen LogP contribution is -2.17. The molecule has 7 nitrogen and oxygen atoms in total. The normalized spacial score (nSPS) is 11.7. The van der Waals surface area contributed by atoms with Crippen molar-refractivity contribution < 1.29 is 21.7 Å². The van der Waals surface area contributed by atoms with Gasteiger partial charge in [0.1, 0.15) is 22.8 Å². The number of benzene rings is 2. The molecule has 0 saturated carbocycles. The first-order chi connectivity index (χ1) is 14.2. The number of rotatable bonds is 8. The highest BCUT2D eigenvalue weighted by Gasteiger charge is 2.23. The van der Waals surface area contributed by atoms with Crippen LogP contribution >= 0.6 is 0 Å². The molecule has 2 N–H and O–H groups in total. The van der Waals surface area contributed by atoms with E-state index in [1.54, 1.807) is 6.07 Å². The van der Waals surface area contributed by atoms with Gasteiger partial charge in [0.05, 0.1) is 0 Å². The lowest BCUT2D eigenvalue weighted by Gasteiger charge is -2.17. The Morgan fingerprint density at radius 3 is 2.57 bits per heavy atom. The highest BCUT2D eigenvalue weighted by Crippen LogP contribution is 2.27. The zero-order valence-electron chi connectivity index (χ0n) is 16.7. The Balaban J connectivity index is 1.84. The smallest absolute Gasteiger partial charge is 0.266 e. The van der Waals surface area contributed by atoms with Gasteiger partial charge in [0, 0.05) is 36.0 Å². The first-order valence-electron chi connectivity index (χ1n) is 9.06. The van der Waals surface area contributed by atoms with Crippen molar-refractivity contribution in [3.05, 3.63) is 71.0 Å². The molecule has 0 unspecified atom stereocenters. The molecule has 0 amide bonds. The Labute approximate surface area is 173 Å². The first kappa shape index (κ1) is 21.7. The monoisotopic (exact) mass is 436 g/mol. The van der Waals surface area contributed by atoms with Gasteiger partial charge < -0.3 is 14.7 Å². The van der Waals surface area contributed by atoms with E-state index in [9.17, 15) is 17.2 Å². The van der Waals surface area contributed by atoms with Gasteiger partial charge in [0.25, 0.3) is 10.0 Å². The van der Waals surface area contributed by atoms with Crippen LogP contribution in [-0.4, -0.2) is 32.6 Å². The number of aromatic nitrogens is 1. The molecule has 160 valence electrons. The number of nitrogens with one attached hydrogen (secondary N) is 2. The molecule has 0 aliphatic heterocycles. The fourth-order valence-corrected chi connectivity index (χ4v) is 4.12. The number of hydrogen-bond donors (Lipinski definition) is 2. The highest BCUT2D eigenvalue weighted by molar-refractivity contribution is 7.92. The van der Waals surface area contributed by atoms with E-state index in [-0.39, 0.29) is 23.7 Å². The quantitative estimate of drug-likeness (QED) is 0.560. The molecule has 0 aliphatic rings. The fourth-order valence-electron chi connectivity index (χ4n) is 2.99. The maximum Gasteiger partial charge on any atom is 0.266 e. The average molecular weight is 436 g/mol. The molecule has 3 aromatic rings. The highest BCUT2D eigenvalue weighted by atomic mass is 32.2. The van der Waals surface area contributed by atoms with E-state index in [0.29, 0.717) is 17.8 Å². The minimum Gasteiger partial charge on any atom is -0.381 e. The van der Waals surface area contributed by atoms with E-state index in [1.807, 2.05) is 25.1 Å². The summed E-state index contributed by atoms with van der Waals surface area (Å²) in [7, 11) is -0.422. The Morgan fingerprint density at radius 1 is 1.13 bits per heavy atom. The largest absolute Gasteiger partial charge is 0.381 e. The molecule has 10 heteroatoms. The van der Waals surface area contributed by atoms with Gasteiger partial charge in [-0.1, -0.05) is 17.3 Å². The minimum atomic E-state index is -4.19. The topological polar surface area (TPSA) is 87.5 Å². The van der Waals surface area contributed by atoms with Crippen molar-refractivity contribution in [2.24, 2.45) is 0 Å². The van der Waals surface area contributed by atoms with Crippen molar-refractivity contribution >= 4 is 21.5 Å². The van der Waals surface area contributed by atoms with Crippen molar-refractivity contribution in [2.75, 3.05) is 24.1 Å². The van der Waals surface area contributed by atoms with Crippen LogP contribution in [0, 0.1) is 18.6 Å². The first-order valence-corrected chi connectivity index (χ1v) is 10.5. The Hall–Kier alpha value is -2.98. The van der Waals surface area contributed by atoms with E-state index in [2.05, 4.69) is 19.7 Å². The molecule has 30 heavy (non-hydrogen) atoms. The van der Waals surface area contributed by atoms with Gasteiger partial charge in [-0.05, 0) is 44.8 Å². The van der Waals surface area contributed by atoms with Crippen LogP contribution < -0.4 is 10.0 Å². The van der Waals surface area contributed by atoms with Gasteiger partial charge in [0.2, 0.25) is 0 Å². The minimum absolute atomic E-state index is 0.0535. The van der Waals surface area contributed by atoms with Crippen LogP contribution in [-0.2, 0) is 23.1 Å². The number of sulfonamides is 1. The van der Waals surface area contributed by atoms with E-state index in [0.717, 1.165) is 11.6 Å². The summed E-state index contributed by atoms with van der Waals surface area (Å²) in [6.45, 7) is 2.13. The zero-order chi connectivity index (χ0) is 21.9. The van der Waals surface area contributed by atoms with E-state index >= 15 is 0 Å². The van der Waals surface area contributed by atoms with E-state index in [4.69, 9.17) is 0 Å². The molecule has 0 bridgehead atoms. The predicted molar refractivity (Wildman–Crippen MR) is 110 cm³/mol. The van der Waals surface area contributed by atoms with E-state index < -0.39 is 20.7 Å². The van der Waals surface area contributed by atoms with Crippen LogP contribution in [0.4, 0.5) is 20.3 Å². The van der Waals surface area contributed by atoms with Crippen molar-refractivity contribution in [2.45, 2.75) is 24.9 Å². The zero-order valence-corrected chi connectivity index (χ0v) is 17.6. The second-order valence-electron chi connectivity index (χ2n) is 7.01. The molecule has 0 atom stereocenters. The summed E-state index contributed by atoms with van der Waals surface area (Å²) in [5, 5.41) is 6.47. The average Bonchev–Trinajstić information content (AvgIpc) is 3.16. The maximum atomic E-state index is 14.9. The Kier molecular flexibility index (Phi) is 6.37. The van der Waals surface area contributed by atoms with Gasteiger partial charge in [-0.3, -0.25) is 4.72 Å². The molecule has 0 fully saturated rings. The summed E-state index contributed by atoms with van der Waals surface area (Å²) in [4.78, 5) is 1.40. The van der Waals surface area contributed by atoms with Gasteiger partial charge in [0.15, 0.2) is 5.82 Å². The number of halogens is 2.